The SMILES string of the molecule is O=C(O)CCCCC(=O)OC(O)CO.OCCO. The minimum Gasteiger partial charge on any atom is -0.481 e. The van der Waals surface area contributed by atoms with Crippen molar-refractivity contribution in [2.24, 2.45) is 0 Å². The van der Waals surface area contributed by atoms with E-state index in [9.17, 15) is 9.59 Å². The van der Waals surface area contributed by atoms with Crippen LogP contribution in [0.1, 0.15) is 25.7 Å². The first-order valence-corrected chi connectivity index (χ1v) is 5.39. The quantitative estimate of drug-likeness (QED) is 0.202. The number of aliphatic hydroxyl groups excluding tert-OH is 4. The summed E-state index contributed by atoms with van der Waals surface area (Å²) in [6, 6.07) is 0. The molecule has 0 bridgehead atoms. The molecule has 1 atom stereocenters. The third-order valence-corrected chi connectivity index (χ3v) is 1.55. The van der Waals surface area contributed by atoms with Crippen LogP contribution in [0.3, 0.4) is 0 Å². The first-order chi connectivity index (χ1) is 8.47. The molecule has 8 heteroatoms. The van der Waals surface area contributed by atoms with Gasteiger partial charge in [-0.3, -0.25) is 9.59 Å². The fraction of sp³-hybridized carbons (Fsp3) is 0.800. The van der Waals surface area contributed by atoms with Crippen LogP contribution in [0.25, 0.3) is 0 Å². The van der Waals surface area contributed by atoms with Crippen LogP contribution in [0, 0.1) is 0 Å². The molecule has 0 aliphatic heterocycles. The van der Waals surface area contributed by atoms with Crippen molar-refractivity contribution in [1.29, 1.82) is 0 Å². The molecule has 0 rings (SSSR count). The molecule has 0 amide bonds. The fourth-order valence-corrected chi connectivity index (χ4v) is 0.793. The van der Waals surface area contributed by atoms with Crippen molar-refractivity contribution < 1.29 is 39.9 Å². The molecule has 0 spiro atoms. The molecule has 0 aromatic heterocycles. The van der Waals surface area contributed by atoms with E-state index in [0.717, 1.165) is 0 Å². The lowest BCUT2D eigenvalue weighted by molar-refractivity contribution is -0.173. The summed E-state index contributed by atoms with van der Waals surface area (Å²) in [7, 11) is 0. The standard InChI is InChI=1S/C8H14O6.C2H6O2/c9-5-8(13)14-7(12)4-2-1-3-6(10)11;3-1-2-4/h8-9,13H,1-5H2,(H,10,11);3-4H,1-2H2. The molecule has 0 saturated carbocycles. The summed E-state index contributed by atoms with van der Waals surface area (Å²) >= 11 is 0. The number of hydrogen-bond donors (Lipinski definition) is 5. The van der Waals surface area contributed by atoms with E-state index in [2.05, 4.69) is 4.74 Å². The Hall–Kier alpha value is -1.22. The number of esters is 1. The molecule has 0 radical (unpaired) electrons. The summed E-state index contributed by atoms with van der Waals surface area (Å²) in [6.07, 6.45) is -0.648. The molecule has 0 saturated heterocycles. The van der Waals surface area contributed by atoms with Gasteiger partial charge in [-0.2, -0.15) is 0 Å². The van der Waals surface area contributed by atoms with E-state index < -0.39 is 24.8 Å². The van der Waals surface area contributed by atoms with Gasteiger partial charge < -0.3 is 30.3 Å². The first kappa shape index (κ1) is 19.1. The first-order valence-electron chi connectivity index (χ1n) is 5.39. The van der Waals surface area contributed by atoms with Crippen molar-refractivity contribution in [1.82, 2.24) is 0 Å². The number of carbonyl (C=O) groups excluding carboxylic acids is 1. The molecule has 108 valence electrons. The normalized spacial score (nSPS) is 11.1. The maximum atomic E-state index is 10.8. The van der Waals surface area contributed by atoms with Crippen LogP contribution in [0.2, 0.25) is 0 Å². The van der Waals surface area contributed by atoms with E-state index in [-0.39, 0.29) is 26.1 Å². The van der Waals surface area contributed by atoms with Gasteiger partial charge in [0.25, 0.3) is 0 Å². The second-order valence-corrected chi connectivity index (χ2v) is 3.18. The second kappa shape index (κ2) is 13.8. The van der Waals surface area contributed by atoms with E-state index in [1.165, 1.54) is 0 Å². The summed E-state index contributed by atoms with van der Waals surface area (Å²) in [5, 5.41) is 40.5. The lowest BCUT2D eigenvalue weighted by Gasteiger charge is -2.08. The number of carboxylic acid groups (broad SMARTS) is 1. The third-order valence-electron chi connectivity index (χ3n) is 1.55. The van der Waals surface area contributed by atoms with Crippen LogP contribution < -0.4 is 0 Å². The topological polar surface area (TPSA) is 145 Å². The van der Waals surface area contributed by atoms with E-state index in [4.69, 9.17) is 25.5 Å². The highest BCUT2D eigenvalue weighted by Crippen LogP contribution is 2.02. The number of carboxylic acids is 1. The average Bonchev–Trinajstić information content (AvgIpc) is 2.34. The lowest BCUT2D eigenvalue weighted by atomic mass is 10.2. The summed E-state index contributed by atoms with van der Waals surface area (Å²) < 4.78 is 4.33. The van der Waals surface area contributed by atoms with E-state index in [1.54, 1.807) is 0 Å². The molecule has 1 unspecified atom stereocenters. The number of rotatable bonds is 8. The Labute approximate surface area is 104 Å². The largest absolute Gasteiger partial charge is 0.481 e. The summed E-state index contributed by atoms with van der Waals surface area (Å²) in [5.74, 6) is -1.55. The number of unbranched alkanes of at least 4 members (excludes halogenated alkanes) is 1. The monoisotopic (exact) mass is 268 g/mol. The molecular formula is C10H20O8. The average molecular weight is 268 g/mol. The highest BCUT2D eigenvalue weighted by molar-refractivity contribution is 5.69. The molecular weight excluding hydrogens is 248 g/mol. The van der Waals surface area contributed by atoms with Crippen molar-refractivity contribution in [3.63, 3.8) is 0 Å². The molecule has 5 N–H and O–H groups in total. The smallest absolute Gasteiger partial charge is 0.308 e. The van der Waals surface area contributed by atoms with Gasteiger partial charge in [0.05, 0.1) is 13.2 Å². The van der Waals surface area contributed by atoms with Gasteiger partial charge >= 0.3 is 11.9 Å². The molecule has 18 heavy (non-hydrogen) atoms. The van der Waals surface area contributed by atoms with Gasteiger partial charge in [-0.05, 0) is 12.8 Å². The zero-order valence-electron chi connectivity index (χ0n) is 9.99. The Morgan fingerprint density at radius 3 is 1.89 bits per heavy atom. The lowest BCUT2D eigenvalue weighted by Crippen LogP contribution is -2.20. The highest BCUT2D eigenvalue weighted by Gasteiger charge is 2.09. The van der Waals surface area contributed by atoms with Gasteiger partial charge in [-0.15, -0.1) is 0 Å². The highest BCUT2D eigenvalue weighted by atomic mass is 16.6. The zero-order valence-corrected chi connectivity index (χ0v) is 9.99. The summed E-state index contributed by atoms with van der Waals surface area (Å²) in [5.41, 5.74) is 0. The Bertz CT molecular complexity index is 216. The molecule has 0 aromatic carbocycles. The van der Waals surface area contributed by atoms with E-state index in [0.29, 0.717) is 12.8 Å². The molecule has 8 nitrogen and oxygen atoms in total. The van der Waals surface area contributed by atoms with Crippen LogP contribution in [0.5, 0.6) is 0 Å². The van der Waals surface area contributed by atoms with Crippen molar-refractivity contribution >= 4 is 11.9 Å². The van der Waals surface area contributed by atoms with Crippen LogP contribution in [0.4, 0.5) is 0 Å². The van der Waals surface area contributed by atoms with Gasteiger partial charge in [-0.1, -0.05) is 0 Å². The van der Waals surface area contributed by atoms with E-state index in [1.807, 2.05) is 0 Å². The van der Waals surface area contributed by atoms with Crippen molar-refractivity contribution in [3.05, 3.63) is 0 Å². The molecule has 0 aliphatic carbocycles. The number of ether oxygens (including phenoxy) is 1. The molecule has 0 aromatic rings. The van der Waals surface area contributed by atoms with E-state index >= 15 is 0 Å². The van der Waals surface area contributed by atoms with Gasteiger partial charge in [0.1, 0.15) is 6.61 Å². The number of aliphatic carboxylic acids is 1. The molecule has 0 heterocycles. The van der Waals surface area contributed by atoms with Crippen LogP contribution in [-0.4, -0.2) is 63.6 Å². The Morgan fingerprint density at radius 2 is 1.50 bits per heavy atom. The van der Waals surface area contributed by atoms with Crippen LogP contribution in [-0.2, 0) is 14.3 Å². The number of carbonyl (C=O) groups is 2. The minimum absolute atomic E-state index is 0.00976. The maximum Gasteiger partial charge on any atom is 0.308 e. The van der Waals surface area contributed by atoms with Gasteiger partial charge in [0.2, 0.25) is 6.29 Å². The van der Waals surface area contributed by atoms with Gasteiger partial charge in [0.15, 0.2) is 0 Å². The van der Waals surface area contributed by atoms with Crippen LogP contribution >= 0.6 is 0 Å². The Kier molecular flexibility index (Phi) is 14.7. The third kappa shape index (κ3) is 17.2. The van der Waals surface area contributed by atoms with Gasteiger partial charge in [-0.25, -0.2) is 0 Å². The maximum absolute atomic E-state index is 10.8. The molecule has 0 aliphatic rings. The zero-order chi connectivity index (χ0) is 14.4. The second-order valence-electron chi connectivity index (χ2n) is 3.18. The van der Waals surface area contributed by atoms with Crippen molar-refractivity contribution in [2.75, 3.05) is 19.8 Å². The fourth-order valence-electron chi connectivity index (χ4n) is 0.793. The van der Waals surface area contributed by atoms with Gasteiger partial charge in [0, 0.05) is 12.8 Å². The summed E-state index contributed by atoms with van der Waals surface area (Å²) in [4.78, 5) is 20.9. The Morgan fingerprint density at radius 1 is 1.00 bits per heavy atom. The van der Waals surface area contributed by atoms with Crippen LogP contribution in [0.15, 0.2) is 0 Å². The Balaban J connectivity index is 0. The van der Waals surface area contributed by atoms with Crippen molar-refractivity contribution in [3.8, 4) is 0 Å². The minimum atomic E-state index is -1.48. The molecule has 0 fully saturated rings. The summed E-state index contributed by atoms with van der Waals surface area (Å²) in [6.45, 7) is -0.888. The predicted octanol–water partition coefficient (Wildman–Crippen LogP) is -1.54. The number of aliphatic hydroxyl groups is 4. The predicted molar refractivity (Wildman–Crippen MR) is 59.5 cm³/mol. The van der Waals surface area contributed by atoms with Crippen molar-refractivity contribution in [2.45, 2.75) is 32.0 Å². The number of hydrogen-bond acceptors (Lipinski definition) is 7.